The number of hydrogen-bond acceptors (Lipinski definition) is 2. The lowest BCUT2D eigenvalue weighted by Crippen LogP contribution is -2.18. The largest absolute Gasteiger partial charge is 0.281 e. The Balaban J connectivity index is 2.69. The lowest BCUT2D eigenvalue weighted by atomic mass is 10.4. The van der Waals surface area contributed by atoms with Crippen molar-refractivity contribution in [1.82, 2.24) is 9.55 Å². The van der Waals surface area contributed by atoms with Gasteiger partial charge in [-0.3, -0.25) is 14.3 Å². The summed E-state index contributed by atoms with van der Waals surface area (Å²) >= 11 is 6.54. The zero-order chi connectivity index (χ0) is 10.8. The zero-order valence-electron chi connectivity index (χ0n) is 7.52. The maximum atomic E-state index is 11.8. The molecule has 0 saturated heterocycles. The first-order valence-corrected chi connectivity index (χ1v) is 5.75. The van der Waals surface area contributed by atoms with Gasteiger partial charge in [-0.05, 0) is 50.1 Å². The third kappa shape index (κ3) is 2.18. The third-order valence-corrected chi connectivity index (χ3v) is 2.87. The normalized spacial score (nSPS) is 10.3. The summed E-state index contributed by atoms with van der Waals surface area (Å²) < 4.78 is 2.87. The van der Waals surface area contributed by atoms with Gasteiger partial charge in [0.05, 0.1) is 16.4 Å². The molecule has 0 amide bonds. The second kappa shape index (κ2) is 4.28. The summed E-state index contributed by atoms with van der Waals surface area (Å²) in [5, 5.41) is 0. The molecule has 3 nitrogen and oxygen atoms in total. The second-order valence-corrected chi connectivity index (χ2v) is 4.66. The highest BCUT2D eigenvalue weighted by Crippen LogP contribution is 2.15. The lowest BCUT2D eigenvalue weighted by Gasteiger charge is -2.05. The average Bonchev–Trinajstić information content (AvgIpc) is 2.24. The lowest BCUT2D eigenvalue weighted by molar-refractivity contribution is 0.962. The quantitative estimate of drug-likeness (QED) is 0.806. The van der Waals surface area contributed by atoms with E-state index in [1.807, 2.05) is 6.07 Å². The summed E-state index contributed by atoms with van der Waals surface area (Å²) in [6.07, 6.45) is 5.02. The molecule has 2 aromatic heterocycles. The molecular formula is C10H6Br2N2O. The molecule has 0 N–H and O–H groups in total. The summed E-state index contributed by atoms with van der Waals surface area (Å²) in [5.41, 5.74) is 0.635. The summed E-state index contributed by atoms with van der Waals surface area (Å²) in [4.78, 5) is 15.8. The Bertz CT molecular complexity index is 537. The van der Waals surface area contributed by atoms with Crippen LogP contribution in [-0.2, 0) is 0 Å². The molecule has 2 aromatic rings. The van der Waals surface area contributed by atoms with Crippen LogP contribution in [0.5, 0.6) is 0 Å². The average molecular weight is 330 g/mol. The van der Waals surface area contributed by atoms with Gasteiger partial charge in [0.15, 0.2) is 0 Å². The van der Waals surface area contributed by atoms with Gasteiger partial charge in [0.2, 0.25) is 0 Å². The minimum Gasteiger partial charge on any atom is -0.281 e. The molecule has 15 heavy (non-hydrogen) atoms. The van der Waals surface area contributed by atoms with Crippen LogP contribution in [0.15, 0.2) is 50.5 Å². The van der Waals surface area contributed by atoms with Crippen molar-refractivity contribution in [2.75, 3.05) is 0 Å². The van der Waals surface area contributed by atoms with E-state index < -0.39 is 0 Å². The molecule has 0 fully saturated rings. The van der Waals surface area contributed by atoms with Gasteiger partial charge in [-0.2, -0.15) is 0 Å². The highest BCUT2D eigenvalue weighted by molar-refractivity contribution is 9.11. The van der Waals surface area contributed by atoms with Crippen LogP contribution in [0, 0.1) is 0 Å². The molecule has 76 valence electrons. The molecular weight excluding hydrogens is 324 g/mol. The standard InChI is InChI=1S/C10H6Br2N2O/c11-7-4-9(12)10(15)14(6-7)8-2-1-3-13-5-8/h1-6H. The summed E-state index contributed by atoms with van der Waals surface area (Å²) in [5.74, 6) is 0. The Morgan fingerprint density at radius 3 is 2.80 bits per heavy atom. The highest BCUT2D eigenvalue weighted by Gasteiger charge is 2.04. The molecule has 0 saturated carbocycles. The fourth-order valence-corrected chi connectivity index (χ4v) is 2.38. The summed E-state index contributed by atoms with van der Waals surface area (Å²) in [6.45, 7) is 0. The number of halogens is 2. The molecule has 0 aromatic carbocycles. The van der Waals surface area contributed by atoms with E-state index >= 15 is 0 Å². The van der Waals surface area contributed by atoms with E-state index in [0.717, 1.165) is 10.2 Å². The van der Waals surface area contributed by atoms with Gasteiger partial charge in [0.1, 0.15) is 0 Å². The van der Waals surface area contributed by atoms with Gasteiger partial charge in [0, 0.05) is 16.9 Å². The highest BCUT2D eigenvalue weighted by atomic mass is 79.9. The number of rotatable bonds is 1. The number of hydrogen-bond donors (Lipinski definition) is 0. The monoisotopic (exact) mass is 328 g/mol. The minimum atomic E-state index is -0.105. The first kappa shape index (κ1) is 10.6. The molecule has 0 spiro atoms. The van der Waals surface area contributed by atoms with E-state index in [-0.39, 0.29) is 5.56 Å². The second-order valence-electron chi connectivity index (χ2n) is 2.89. The van der Waals surface area contributed by atoms with Crippen LogP contribution < -0.4 is 5.56 Å². The van der Waals surface area contributed by atoms with E-state index in [1.165, 1.54) is 4.57 Å². The molecule has 0 aliphatic carbocycles. The van der Waals surface area contributed by atoms with E-state index in [2.05, 4.69) is 36.8 Å². The molecule has 0 bridgehead atoms. The third-order valence-electron chi connectivity index (χ3n) is 1.86. The topological polar surface area (TPSA) is 34.9 Å². The van der Waals surface area contributed by atoms with E-state index in [0.29, 0.717) is 4.47 Å². The Morgan fingerprint density at radius 2 is 2.13 bits per heavy atom. The molecule has 2 rings (SSSR count). The van der Waals surface area contributed by atoms with Crippen LogP contribution in [0.25, 0.3) is 5.69 Å². The molecule has 0 aliphatic rings. The van der Waals surface area contributed by atoms with Crippen molar-refractivity contribution in [3.8, 4) is 5.69 Å². The number of pyridine rings is 2. The maximum absolute atomic E-state index is 11.8. The Labute approximate surface area is 103 Å². The number of nitrogens with zero attached hydrogens (tertiary/aromatic N) is 2. The molecule has 0 atom stereocenters. The van der Waals surface area contributed by atoms with Crippen LogP contribution in [0.3, 0.4) is 0 Å². The first-order chi connectivity index (χ1) is 7.18. The van der Waals surface area contributed by atoms with E-state index in [1.54, 1.807) is 30.7 Å². The van der Waals surface area contributed by atoms with Crippen molar-refractivity contribution in [2.24, 2.45) is 0 Å². The van der Waals surface area contributed by atoms with Gasteiger partial charge >= 0.3 is 0 Å². The molecule has 0 unspecified atom stereocenters. The zero-order valence-corrected chi connectivity index (χ0v) is 10.7. The van der Waals surface area contributed by atoms with Crippen molar-refractivity contribution in [1.29, 1.82) is 0 Å². The van der Waals surface area contributed by atoms with Crippen LogP contribution in [-0.4, -0.2) is 9.55 Å². The van der Waals surface area contributed by atoms with E-state index in [9.17, 15) is 4.79 Å². The fourth-order valence-electron chi connectivity index (χ4n) is 1.21. The Morgan fingerprint density at radius 1 is 1.33 bits per heavy atom. The predicted molar refractivity (Wildman–Crippen MR) is 65.2 cm³/mol. The number of aromatic nitrogens is 2. The van der Waals surface area contributed by atoms with Crippen molar-refractivity contribution in [3.63, 3.8) is 0 Å². The van der Waals surface area contributed by atoms with Crippen LogP contribution in [0.2, 0.25) is 0 Å². The Hall–Kier alpha value is -0.940. The summed E-state index contributed by atoms with van der Waals surface area (Å²) in [6, 6.07) is 5.33. The predicted octanol–water partition coefficient (Wildman–Crippen LogP) is 2.76. The van der Waals surface area contributed by atoms with Crippen LogP contribution in [0.4, 0.5) is 0 Å². The van der Waals surface area contributed by atoms with E-state index in [4.69, 9.17) is 0 Å². The first-order valence-electron chi connectivity index (χ1n) is 4.16. The van der Waals surface area contributed by atoms with Gasteiger partial charge in [-0.1, -0.05) is 0 Å². The molecule has 0 aliphatic heterocycles. The van der Waals surface area contributed by atoms with Gasteiger partial charge in [0.25, 0.3) is 5.56 Å². The van der Waals surface area contributed by atoms with Crippen molar-refractivity contribution >= 4 is 31.9 Å². The fraction of sp³-hybridized carbons (Fsp3) is 0. The van der Waals surface area contributed by atoms with Crippen LogP contribution in [0.1, 0.15) is 0 Å². The minimum absolute atomic E-state index is 0.105. The van der Waals surface area contributed by atoms with Crippen molar-refractivity contribution in [2.45, 2.75) is 0 Å². The van der Waals surface area contributed by atoms with Crippen LogP contribution >= 0.6 is 31.9 Å². The Kier molecular flexibility index (Phi) is 3.02. The maximum Gasteiger partial charge on any atom is 0.269 e. The van der Waals surface area contributed by atoms with Gasteiger partial charge in [-0.25, -0.2) is 0 Å². The smallest absolute Gasteiger partial charge is 0.269 e. The van der Waals surface area contributed by atoms with Crippen molar-refractivity contribution < 1.29 is 0 Å². The molecule has 2 heterocycles. The molecule has 5 heteroatoms. The SMILES string of the molecule is O=c1c(Br)cc(Br)cn1-c1cccnc1. The van der Waals surface area contributed by atoms with Gasteiger partial charge < -0.3 is 0 Å². The summed E-state index contributed by atoms with van der Waals surface area (Å²) in [7, 11) is 0. The van der Waals surface area contributed by atoms with Crippen molar-refractivity contribution in [3.05, 3.63) is 56.1 Å². The van der Waals surface area contributed by atoms with Gasteiger partial charge in [-0.15, -0.1) is 0 Å². The molecule has 0 radical (unpaired) electrons.